The summed E-state index contributed by atoms with van der Waals surface area (Å²) in [5.74, 6) is 0. The first-order valence-corrected chi connectivity index (χ1v) is 6.89. The van der Waals surface area contributed by atoms with Crippen LogP contribution in [-0.4, -0.2) is 88.0 Å². The van der Waals surface area contributed by atoms with Gasteiger partial charge in [-0.1, -0.05) is 0 Å². The number of hydrogen-bond acceptors (Lipinski definition) is 6. The molecule has 1 aliphatic rings. The zero-order valence-corrected chi connectivity index (χ0v) is 12.2. The fourth-order valence-corrected chi connectivity index (χ4v) is 2.51. The summed E-state index contributed by atoms with van der Waals surface area (Å²) in [6, 6.07) is -0.0864. The lowest BCUT2D eigenvalue weighted by molar-refractivity contribution is -0.122. The highest BCUT2D eigenvalue weighted by molar-refractivity contribution is 4.95. The third-order valence-corrected chi connectivity index (χ3v) is 4.38. The summed E-state index contributed by atoms with van der Waals surface area (Å²) in [6.45, 7) is 7.16. The van der Waals surface area contributed by atoms with Crippen LogP contribution in [0.5, 0.6) is 0 Å². The van der Waals surface area contributed by atoms with Crippen LogP contribution in [0.4, 0.5) is 0 Å². The van der Waals surface area contributed by atoms with Crippen LogP contribution in [-0.2, 0) is 0 Å². The van der Waals surface area contributed by atoms with Crippen molar-refractivity contribution in [3.05, 3.63) is 0 Å². The molecule has 0 amide bonds. The van der Waals surface area contributed by atoms with Crippen molar-refractivity contribution in [1.82, 2.24) is 9.80 Å². The number of aliphatic hydroxyl groups excluding tert-OH is 4. The van der Waals surface area contributed by atoms with E-state index in [-0.39, 0.29) is 31.9 Å². The quantitative estimate of drug-likeness (QED) is 0.481. The van der Waals surface area contributed by atoms with Gasteiger partial charge in [-0.2, -0.15) is 0 Å². The fraction of sp³-hybridized carbons (Fsp3) is 1.00. The fourth-order valence-electron chi connectivity index (χ4n) is 2.51. The van der Waals surface area contributed by atoms with Gasteiger partial charge in [-0.15, -0.1) is 0 Å². The van der Waals surface area contributed by atoms with Gasteiger partial charge in [-0.25, -0.2) is 0 Å². The number of rotatable bonds is 6. The maximum atomic E-state index is 10.0. The molecule has 0 spiro atoms. The van der Waals surface area contributed by atoms with Gasteiger partial charge in [0, 0.05) is 30.6 Å². The summed E-state index contributed by atoms with van der Waals surface area (Å²) in [5, 5.41) is 38.4. The SMILES string of the molecule is CC(O)C1(CO)CN([C@@H](C)CO)CN([C@@H](C)CO)C1. The van der Waals surface area contributed by atoms with E-state index < -0.39 is 11.5 Å². The Morgan fingerprint density at radius 1 is 0.947 bits per heavy atom. The van der Waals surface area contributed by atoms with Gasteiger partial charge in [0.25, 0.3) is 0 Å². The molecule has 0 bridgehead atoms. The molecule has 0 saturated carbocycles. The van der Waals surface area contributed by atoms with Crippen molar-refractivity contribution < 1.29 is 20.4 Å². The lowest BCUT2D eigenvalue weighted by Gasteiger charge is -2.51. The minimum Gasteiger partial charge on any atom is -0.396 e. The topological polar surface area (TPSA) is 87.4 Å². The smallest absolute Gasteiger partial charge is 0.0615 e. The van der Waals surface area contributed by atoms with Gasteiger partial charge in [0.1, 0.15) is 0 Å². The Hall–Kier alpha value is -0.240. The van der Waals surface area contributed by atoms with Gasteiger partial charge in [0.05, 0.1) is 32.6 Å². The average molecular weight is 276 g/mol. The molecule has 1 aliphatic heterocycles. The van der Waals surface area contributed by atoms with E-state index in [9.17, 15) is 20.4 Å². The molecule has 6 heteroatoms. The molecule has 0 aromatic carbocycles. The normalized spacial score (nSPS) is 26.1. The molecule has 19 heavy (non-hydrogen) atoms. The second-order valence-electron chi connectivity index (χ2n) is 5.89. The van der Waals surface area contributed by atoms with E-state index in [1.165, 1.54) is 0 Å². The van der Waals surface area contributed by atoms with Crippen molar-refractivity contribution >= 4 is 0 Å². The van der Waals surface area contributed by atoms with Crippen LogP contribution in [0.25, 0.3) is 0 Å². The summed E-state index contributed by atoms with van der Waals surface area (Å²) in [6.07, 6.45) is -0.653. The first kappa shape index (κ1) is 16.8. The predicted molar refractivity (Wildman–Crippen MR) is 72.6 cm³/mol. The first-order chi connectivity index (χ1) is 8.90. The number of hydrogen-bond donors (Lipinski definition) is 4. The zero-order chi connectivity index (χ0) is 14.6. The van der Waals surface area contributed by atoms with Crippen LogP contribution in [0, 0.1) is 5.41 Å². The minimum absolute atomic E-state index is 0.0304. The van der Waals surface area contributed by atoms with Crippen LogP contribution in [0.2, 0.25) is 0 Å². The van der Waals surface area contributed by atoms with E-state index in [0.29, 0.717) is 19.8 Å². The highest BCUT2D eigenvalue weighted by Crippen LogP contribution is 2.31. The van der Waals surface area contributed by atoms with Crippen molar-refractivity contribution in [3.8, 4) is 0 Å². The van der Waals surface area contributed by atoms with E-state index in [1.54, 1.807) is 6.92 Å². The van der Waals surface area contributed by atoms with Crippen molar-refractivity contribution in [3.63, 3.8) is 0 Å². The van der Waals surface area contributed by atoms with Crippen LogP contribution < -0.4 is 0 Å². The van der Waals surface area contributed by atoms with Crippen molar-refractivity contribution in [2.75, 3.05) is 39.6 Å². The molecular weight excluding hydrogens is 248 g/mol. The molecule has 6 nitrogen and oxygen atoms in total. The molecule has 0 aliphatic carbocycles. The van der Waals surface area contributed by atoms with Crippen LogP contribution >= 0.6 is 0 Å². The van der Waals surface area contributed by atoms with E-state index >= 15 is 0 Å². The van der Waals surface area contributed by atoms with Gasteiger partial charge < -0.3 is 20.4 Å². The van der Waals surface area contributed by atoms with Crippen molar-refractivity contribution in [1.29, 1.82) is 0 Å². The first-order valence-electron chi connectivity index (χ1n) is 6.89. The van der Waals surface area contributed by atoms with Crippen molar-refractivity contribution in [2.24, 2.45) is 5.41 Å². The Morgan fingerprint density at radius 3 is 1.63 bits per heavy atom. The molecule has 1 fully saturated rings. The van der Waals surface area contributed by atoms with Gasteiger partial charge in [-0.05, 0) is 20.8 Å². The largest absolute Gasteiger partial charge is 0.396 e. The zero-order valence-electron chi connectivity index (χ0n) is 12.2. The van der Waals surface area contributed by atoms with Crippen molar-refractivity contribution in [2.45, 2.75) is 39.0 Å². The Kier molecular flexibility index (Phi) is 6.16. The molecule has 3 atom stereocenters. The molecule has 114 valence electrons. The molecule has 1 rings (SSSR count). The van der Waals surface area contributed by atoms with E-state index in [1.807, 2.05) is 23.6 Å². The van der Waals surface area contributed by atoms with Crippen LogP contribution in [0.1, 0.15) is 20.8 Å². The Balaban J connectivity index is 2.94. The summed E-state index contributed by atoms with van der Waals surface area (Å²) in [5.41, 5.74) is -0.634. The standard InChI is InChI=1S/C13H28N2O4/c1-10(4-16)14-6-13(8-18,12(3)19)7-15(9-14)11(2)5-17/h10-12,16-19H,4-9H2,1-3H3/t10-,11-,12?/m0/s1. The molecule has 1 saturated heterocycles. The third-order valence-electron chi connectivity index (χ3n) is 4.38. The second-order valence-corrected chi connectivity index (χ2v) is 5.89. The molecule has 0 radical (unpaired) electrons. The Bertz CT molecular complexity index is 257. The summed E-state index contributed by atoms with van der Waals surface area (Å²) < 4.78 is 0. The highest BCUT2D eigenvalue weighted by atomic mass is 16.3. The molecule has 0 aromatic heterocycles. The molecule has 1 unspecified atom stereocenters. The van der Waals surface area contributed by atoms with E-state index in [0.717, 1.165) is 0 Å². The Morgan fingerprint density at radius 2 is 1.37 bits per heavy atom. The monoisotopic (exact) mass is 276 g/mol. The summed E-state index contributed by atoms with van der Waals surface area (Å²) in [4.78, 5) is 4.08. The lowest BCUT2D eigenvalue weighted by atomic mass is 9.80. The minimum atomic E-state index is -0.653. The summed E-state index contributed by atoms with van der Waals surface area (Å²) >= 11 is 0. The summed E-state index contributed by atoms with van der Waals surface area (Å²) in [7, 11) is 0. The van der Waals surface area contributed by atoms with Gasteiger partial charge >= 0.3 is 0 Å². The van der Waals surface area contributed by atoms with Gasteiger partial charge in [0.15, 0.2) is 0 Å². The van der Waals surface area contributed by atoms with E-state index in [4.69, 9.17) is 0 Å². The number of nitrogens with zero attached hydrogens (tertiary/aromatic N) is 2. The predicted octanol–water partition coefficient (Wildman–Crippen LogP) is -1.32. The molecule has 4 N–H and O–H groups in total. The molecule has 0 aromatic rings. The van der Waals surface area contributed by atoms with Crippen LogP contribution in [0.3, 0.4) is 0 Å². The maximum absolute atomic E-state index is 10.0. The highest BCUT2D eigenvalue weighted by Gasteiger charge is 2.44. The lowest BCUT2D eigenvalue weighted by Crippen LogP contribution is -2.64. The number of aliphatic hydroxyl groups is 4. The molecule has 1 heterocycles. The maximum Gasteiger partial charge on any atom is 0.0615 e. The molecular formula is C13H28N2O4. The van der Waals surface area contributed by atoms with Gasteiger partial charge in [-0.3, -0.25) is 9.80 Å². The third kappa shape index (κ3) is 3.65. The van der Waals surface area contributed by atoms with Gasteiger partial charge in [0.2, 0.25) is 0 Å². The Labute approximate surface area is 115 Å². The van der Waals surface area contributed by atoms with Crippen LogP contribution in [0.15, 0.2) is 0 Å². The second kappa shape index (κ2) is 6.97. The van der Waals surface area contributed by atoms with E-state index in [2.05, 4.69) is 0 Å². The average Bonchev–Trinajstić information content (AvgIpc) is 2.44.